The van der Waals surface area contributed by atoms with E-state index in [2.05, 4.69) is 5.32 Å². The van der Waals surface area contributed by atoms with E-state index in [1.54, 1.807) is 46.6 Å². The topological polar surface area (TPSA) is 69.7 Å². The molecule has 7 heteroatoms. The lowest BCUT2D eigenvalue weighted by Gasteiger charge is -2.28. The summed E-state index contributed by atoms with van der Waals surface area (Å²) in [5.41, 5.74) is 1.34. The Balaban J connectivity index is 1.90. The third kappa shape index (κ3) is 2.46. The predicted molar refractivity (Wildman–Crippen MR) is 102 cm³/mol. The molecule has 2 heterocycles. The van der Waals surface area contributed by atoms with Crippen molar-refractivity contribution < 1.29 is 13.2 Å². The molecule has 0 aromatic heterocycles. The van der Waals surface area contributed by atoms with Gasteiger partial charge < -0.3 is 10.2 Å². The first kappa shape index (κ1) is 17.5. The van der Waals surface area contributed by atoms with Gasteiger partial charge in [-0.3, -0.25) is 4.79 Å². The second kappa shape index (κ2) is 6.33. The highest BCUT2D eigenvalue weighted by Gasteiger charge is 2.36. The molecule has 1 atom stereocenters. The van der Waals surface area contributed by atoms with Crippen LogP contribution in [0, 0.1) is 0 Å². The molecule has 138 valence electrons. The van der Waals surface area contributed by atoms with Crippen molar-refractivity contribution in [2.75, 3.05) is 31.6 Å². The molecule has 1 amide bonds. The van der Waals surface area contributed by atoms with Crippen LogP contribution in [0.5, 0.6) is 0 Å². The van der Waals surface area contributed by atoms with Crippen molar-refractivity contribution in [2.24, 2.45) is 0 Å². The molecule has 26 heavy (non-hydrogen) atoms. The summed E-state index contributed by atoms with van der Waals surface area (Å²) < 4.78 is 28.7. The molecule has 2 aromatic rings. The van der Waals surface area contributed by atoms with E-state index in [4.69, 9.17) is 0 Å². The van der Waals surface area contributed by atoms with Gasteiger partial charge in [0, 0.05) is 42.5 Å². The maximum Gasteiger partial charge on any atom is 0.258 e. The van der Waals surface area contributed by atoms with Gasteiger partial charge in [0.05, 0.1) is 10.6 Å². The first-order chi connectivity index (χ1) is 12.5. The van der Waals surface area contributed by atoms with Crippen LogP contribution in [0.15, 0.2) is 35.2 Å². The number of nitrogens with one attached hydrogen (secondary N) is 1. The number of benzene rings is 2. The smallest absolute Gasteiger partial charge is 0.258 e. The fourth-order valence-corrected chi connectivity index (χ4v) is 6.00. The average Bonchev–Trinajstić information content (AvgIpc) is 3.24. The van der Waals surface area contributed by atoms with E-state index in [9.17, 15) is 13.2 Å². The van der Waals surface area contributed by atoms with Gasteiger partial charge in [0.25, 0.3) is 5.91 Å². The summed E-state index contributed by atoms with van der Waals surface area (Å²) in [5, 5.41) is 4.62. The fourth-order valence-electron chi connectivity index (χ4n) is 4.07. The average molecular weight is 373 g/mol. The normalized spacial score (nSPS) is 19.9. The fraction of sp³-hybridized carbons (Fsp3) is 0.421. The van der Waals surface area contributed by atoms with Crippen LogP contribution in [0.3, 0.4) is 0 Å². The minimum Gasteiger partial charge on any atom is -0.315 e. The molecular weight excluding hydrogens is 350 g/mol. The highest BCUT2D eigenvalue weighted by molar-refractivity contribution is 7.89. The Kier molecular flexibility index (Phi) is 4.25. The summed E-state index contributed by atoms with van der Waals surface area (Å²) in [6, 6.07) is 8.71. The van der Waals surface area contributed by atoms with Gasteiger partial charge in [0.15, 0.2) is 0 Å². The number of amides is 1. The monoisotopic (exact) mass is 373 g/mol. The molecule has 2 aliphatic heterocycles. The Labute approximate surface area is 153 Å². The predicted octanol–water partition coefficient (Wildman–Crippen LogP) is 2.19. The van der Waals surface area contributed by atoms with Crippen molar-refractivity contribution in [3.05, 3.63) is 35.9 Å². The Hall–Kier alpha value is -1.96. The molecule has 0 bridgehead atoms. The van der Waals surface area contributed by atoms with Crippen LogP contribution in [-0.2, 0) is 10.0 Å². The van der Waals surface area contributed by atoms with E-state index in [0.717, 1.165) is 30.5 Å². The lowest BCUT2D eigenvalue weighted by atomic mass is 10.1. The number of carbonyl (C=O) groups is 1. The largest absolute Gasteiger partial charge is 0.315 e. The quantitative estimate of drug-likeness (QED) is 0.872. The lowest BCUT2D eigenvalue weighted by molar-refractivity contribution is 0.0999. The Morgan fingerprint density at radius 1 is 1.27 bits per heavy atom. The van der Waals surface area contributed by atoms with E-state index in [1.807, 2.05) is 6.92 Å². The highest BCUT2D eigenvalue weighted by Crippen LogP contribution is 2.40. The summed E-state index contributed by atoms with van der Waals surface area (Å²) in [6.45, 7) is 4.01. The number of anilines is 1. The van der Waals surface area contributed by atoms with Gasteiger partial charge in [0.1, 0.15) is 0 Å². The molecule has 1 N–H and O–H groups in total. The Morgan fingerprint density at radius 2 is 2.08 bits per heavy atom. The van der Waals surface area contributed by atoms with Crippen molar-refractivity contribution in [3.8, 4) is 0 Å². The van der Waals surface area contributed by atoms with E-state index >= 15 is 0 Å². The molecule has 0 saturated carbocycles. The second-order valence-electron chi connectivity index (χ2n) is 6.94. The van der Waals surface area contributed by atoms with Crippen molar-refractivity contribution >= 4 is 32.4 Å². The van der Waals surface area contributed by atoms with Crippen LogP contribution < -0.4 is 10.2 Å². The van der Waals surface area contributed by atoms with Crippen LogP contribution in [0.1, 0.15) is 30.1 Å². The molecule has 4 rings (SSSR count). The molecule has 1 unspecified atom stereocenters. The third-order valence-electron chi connectivity index (χ3n) is 5.35. The lowest BCUT2D eigenvalue weighted by Crippen LogP contribution is -2.42. The summed E-state index contributed by atoms with van der Waals surface area (Å²) in [7, 11) is -1.93. The molecule has 1 fully saturated rings. The molecule has 0 radical (unpaired) electrons. The number of nitrogens with zero attached hydrogens (tertiary/aromatic N) is 2. The van der Waals surface area contributed by atoms with Crippen LogP contribution in [0.4, 0.5) is 5.69 Å². The summed E-state index contributed by atoms with van der Waals surface area (Å²) in [4.78, 5) is 14.3. The number of rotatable bonds is 5. The zero-order valence-electron chi connectivity index (χ0n) is 15.0. The number of sulfonamides is 1. The first-order valence-corrected chi connectivity index (χ1v) is 10.5. The van der Waals surface area contributed by atoms with E-state index < -0.39 is 10.0 Å². The Morgan fingerprint density at radius 3 is 2.77 bits per heavy atom. The van der Waals surface area contributed by atoms with Gasteiger partial charge in [-0.2, -0.15) is 4.31 Å². The van der Waals surface area contributed by atoms with Crippen molar-refractivity contribution in [1.82, 2.24) is 9.62 Å². The third-order valence-corrected chi connectivity index (χ3v) is 7.36. The molecule has 0 aliphatic carbocycles. The minimum atomic E-state index is -3.65. The van der Waals surface area contributed by atoms with E-state index in [-0.39, 0.29) is 11.9 Å². The van der Waals surface area contributed by atoms with E-state index in [0.29, 0.717) is 28.9 Å². The molecule has 6 nitrogen and oxygen atoms in total. The van der Waals surface area contributed by atoms with Gasteiger partial charge in [-0.25, -0.2) is 8.42 Å². The van der Waals surface area contributed by atoms with Crippen molar-refractivity contribution in [3.63, 3.8) is 0 Å². The molecule has 2 aromatic carbocycles. The minimum absolute atomic E-state index is 0.0210. The number of carbonyl (C=O) groups excluding carboxylic acids is 1. The summed E-state index contributed by atoms with van der Waals surface area (Å²) in [5.74, 6) is -0.0921. The van der Waals surface area contributed by atoms with Crippen molar-refractivity contribution in [1.29, 1.82) is 0 Å². The van der Waals surface area contributed by atoms with Crippen LogP contribution in [0.25, 0.3) is 10.8 Å². The molecule has 0 spiro atoms. The van der Waals surface area contributed by atoms with Crippen molar-refractivity contribution in [2.45, 2.75) is 30.7 Å². The highest BCUT2D eigenvalue weighted by atomic mass is 32.2. The number of hydrogen-bond donors (Lipinski definition) is 1. The second-order valence-corrected chi connectivity index (χ2v) is 8.80. The zero-order valence-corrected chi connectivity index (χ0v) is 15.8. The maximum absolute atomic E-state index is 13.5. The zero-order chi connectivity index (χ0) is 18.5. The molecule has 1 saturated heterocycles. The summed E-state index contributed by atoms with van der Waals surface area (Å²) in [6.07, 6.45) is 1.58. The summed E-state index contributed by atoms with van der Waals surface area (Å²) >= 11 is 0. The van der Waals surface area contributed by atoms with Crippen LogP contribution in [0.2, 0.25) is 0 Å². The SMILES string of the molecule is CCCN(C1CCNC1)S(=O)(=O)c1ccc2c3c(cccc13)C(=O)N2C. The Bertz CT molecular complexity index is 981. The van der Waals surface area contributed by atoms with Gasteiger partial charge in [0.2, 0.25) is 10.0 Å². The van der Waals surface area contributed by atoms with Gasteiger partial charge >= 0.3 is 0 Å². The molecule has 2 aliphatic rings. The number of hydrogen-bond acceptors (Lipinski definition) is 4. The van der Waals surface area contributed by atoms with Gasteiger partial charge in [-0.1, -0.05) is 19.1 Å². The molecular formula is C19H23N3O3S. The maximum atomic E-state index is 13.5. The van der Waals surface area contributed by atoms with Crippen LogP contribution >= 0.6 is 0 Å². The van der Waals surface area contributed by atoms with Gasteiger partial charge in [-0.15, -0.1) is 0 Å². The van der Waals surface area contributed by atoms with Crippen LogP contribution in [-0.4, -0.2) is 51.4 Å². The van der Waals surface area contributed by atoms with Gasteiger partial charge in [-0.05, 0) is 37.6 Å². The standard InChI is InChI=1S/C19H23N3O3S/c1-3-11-22(13-9-10-20-12-13)26(24,25)17-8-7-16-18-14(17)5-4-6-15(18)19(23)21(16)2/h4-8,13,20H,3,9-12H2,1-2H3. The van der Waals surface area contributed by atoms with E-state index in [1.165, 1.54) is 0 Å². The first-order valence-electron chi connectivity index (χ1n) is 9.03.